The number of nitrogens with two attached hydrogens (primary N) is 1. The van der Waals surface area contributed by atoms with Crippen molar-refractivity contribution in [3.63, 3.8) is 0 Å². The van der Waals surface area contributed by atoms with E-state index in [0.29, 0.717) is 5.82 Å². The molecule has 15 heavy (non-hydrogen) atoms. The summed E-state index contributed by atoms with van der Waals surface area (Å²) in [5.41, 5.74) is 7.97. The molecular weight excluding hydrogens is 190 g/mol. The van der Waals surface area contributed by atoms with Crippen molar-refractivity contribution in [3.8, 4) is 11.3 Å². The smallest absolute Gasteiger partial charge is 0.144 e. The van der Waals surface area contributed by atoms with Crippen LogP contribution in [0.15, 0.2) is 18.6 Å². The Morgan fingerprint density at radius 3 is 2.53 bits per heavy atom. The zero-order valence-corrected chi connectivity index (χ0v) is 9.15. The maximum Gasteiger partial charge on any atom is 0.144 e. The molecule has 0 atom stereocenters. The molecule has 0 unspecified atom stereocenters. The molecule has 0 saturated heterocycles. The SMILES string of the molecule is CC.Cc1nc(-c2cn[nH]c2)cnc1N. The largest absolute Gasteiger partial charge is 0.382 e. The molecule has 5 heteroatoms. The van der Waals surface area contributed by atoms with Gasteiger partial charge in [-0.25, -0.2) is 9.97 Å². The number of rotatable bonds is 1. The van der Waals surface area contributed by atoms with Gasteiger partial charge in [0.1, 0.15) is 5.82 Å². The second kappa shape index (κ2) is 5.09. The normalized spacial score (nSPS) is 9.27. The quantitative estimate of drug-likeness (QED) is 0.743. The summed E-state index contributed by atoms with van der Waals surface area (Å²) in [5, 5.41) is 6.54. The van der Waals surface area contributed by atoms with Crippen molar-refractivity contribution in [1.29, 1.82) is 0 Å². The number of nitrogens with zero attached hydrogens (tertiary/aromatic N) is 3. The fourth-order valence-electron chi connectivity index (χ4n) is 1.02. The Bertz CT molecular complexity index is 408. The zero-order chi connectivity index (χ0) is 11.3. The first-order valence-corrected chi connectivity index (χ1v) is 4.85. The molecule has 0 fully saturated rings. The Labute approximate surface area is 88.8 Å². The molecule has 80 valence electrons. The summed E-state index contributed by atoms with van der Waals surface area (Å²) in [7, 11) is 0. The summed E-state index contributed by atoms with van der Waals surface area (Å²) in [6.45, 7) is 5.83. The molecule has 0 aliphatic carbocycles. The van der Waals surface area contributed by atoms with E-state index in [9.17, 15) is 0 Å². The highest BCUT2D eigenvalue weighted by Gasteiger charge is 2.02. The molecule has 0 amide bonds. The molecule has 2 aromatic heterocycles. The third-order valence-corrected chi connectivity index (χ3v) is 1.78. The van der Waals surface area contributed by atoms with Crippen LogP contribution in [0.4, 0.5) is 5.82 Å². The Hall–Kier alpha value is -1.91. The molecule has 0 saturated carbocycles. The van der Waals surface area contributed by atoms with Gasteiger partial charge in [0.25, 0.3) is 0 Å². The third kappa shape index (κ3) is 2.52. The molecular formula is C10H15N5. The number of anilines is 1. The number of aryl methyl sites for hydroxylation is 1. The van der Waals surface area contributed by atoms with Crippen LogP contribution in [0.1, 0.15) is 19.5 Å². The van der Waals surface area contributed by atoms with Gasteiger partial charge in [-0.2, -0.15) is 5.10 Å². The lowest BCUT2D eigenvalue weighted by Gasteiger charge is -1.99. The van der Waals surface area contributed by atoms with Gasteiger partial charge < -0.3 is 5.73 Å². The van der Waals surface area contributed by atoms with E-state index in [1.807, 2.05) is 20.8 Å². The molecule has 0 aliphatic heterocycles. The van der Waals surface area contributed by atoms with Crippen molar-refractivity contribution in [1.82, 2.24) is 20.2 Å². The van der Waals surface area contributed by atoms with Gasteiger partial charge in [-0.05, 0) is 6.92 Å². The van der Waals surface area contributed by atoms with Crippen LogP contribution in [-0.4, -0.2) is 20.2 Å². The van der Waals surface area contributed by atoms with Crippen LogP contribution < -0.4 is 5.73 Å². The van der Waals surface area contributed by atoms with Crippen molar-refractivity contribution in [2.75, 3.05) is 5.73 Å². The van der Waals surface area contributed by atoms with Gasteiger partial charge in [-0.1, -0.05) is 13.8 Å². The number of H-pyrrole nitrogens is 1. The minimum Gasteiger partial charge on any atom is -0.382 e. The second-order valence-corrected chi connectivity index (χ2v) is 2.71. The lowest BCUT2D eigenvalue weighted by atomic mass is 10.2. The fraction of sp³-hybridized carbons (Fsp3) is 0.300. The van der Waals surface area contributed by atoms with Crippen molar-refractivity contribution < 1.29 is 0 Å². The van der Waals surface area contributed by atoms with Crippen molar-refractivity contribution >= 4 is 5.82 Å². The van der Waals surface area contributed by atoms with Crippen LogP contribution >= 0.6 is 0 Å². The van der Waals surface area contributed by atoms with Crippen LogP contribution in [0.2, 0.25) is 0 Å². The molecule has 0 aromatic carbocycles. The van der Waals surface area contributed by atoms with Gasteiger partial charge in [0, 0.05) is 11.8 Å². The van der Waals surface area contributed by atoms with Crippen LogP contribution in [0.5, 0.6) is 0 Å². The minimum atomic E-state index is 0.465. The Morgan fingerprint density at radius 1 is 1.27 bits per heavy atom. The van der Waals surface area contributed by atoms with Crippen molar-refractivity contribution in [2.24, 2.45) is 0 Å². The molecule has 0 bridgehead atoms. The molecule has 0 spiro atoms. The van der Waals surface area contributed by atoms with E-state index in [1.165, 1.54) is 0 Å². The van der Waals surface area contributed by atoms with Gasteiger partial charge in [0.2, 0.25) is 0 Å². The van der Waals surface area contributed by atoms with Gasteiger partial charge >= 0.3 is 0 Å². The highest BCUT2D eigenvalue weighted by molar-refractivity contribution is 5.57. The van der Waals surface area contributed by atoms with E-state index in [0.717, 1.165) is 17.0 Å². The zero-order valence-electron chi connectivity index (χ0n) is 9.15. The molecule has 2 rings (SSSR count). The lowest BCUT2D eigenvalue weighted by Crippen LogP contribution is -1.97. The summed E-state index contributed by atoms with van der Waals surface area (Å²) < 4.78 is 0. The Kier molecular flexibility index (Phi) is 3.79. The molecule has 5 nitrogen and oxygen atoms in total. The van der Waals surface area contributed by atoms with E-state index in [-0.39, 0.29) is 0 Å². The molecule has 2 heterocycles. The number of hydrogen-bond donors (Lipinski definition) is 2. The predicted octanol–water partition coefficient (Wildman–Crippen LogP) is 1.78. The second-order valence-electron chi connectivity index (χ2n) is 2.71. The third-order valence-electron chi connectivity index (χ3n) is 1.78. The highest BCUT2D eigenvalue weighted by Crippen LogP contribution is 2.15. The fourth-order valence-corrected chi connectivity index (χ4v) is 1.02. The predicted molar refractivity (Wildman–Crippen MR) is 60.1 cm³/mol. The lowest BCUT2D eigenvalue weighted by molar-refractivity contribution is 1.09. The summed E-state index contributed by atoms with van der Waals surface area (Å²) in [6, 6.07) is 0. The number of aromatic nitrogens is 4. The maximum absolute atomic E-state index is 5.55. The minimum absolute atomic E-state index is 0.465. The Morgan fingerprint density at radius 2 is 2.00 bits per heavy atom. The maximum atomic E-state index is 5.55. The van der Waals surface area contributed by atoms with Crippen LogP contribution in [0, 0.1) is 6.92 Å². The highest BCUT2D eigenvalue weighted by atomic mass is 15.1. The number of hydrogen-bond acceptors (Lipinski definition) is 4. The van der Waals surface area contributed by atoms with Gasteiger partial charge in [-0.15, -0.1) is 0 Å². The molecule has 0 aliphatic rings. The number of nitrogens with one attached hydrogen (secondary N) is 1. The molecule has 2 aromatic rings. The van der Waals surface area contributed by atoms with Crippen LogP contribution in [0.3, 0.4) is 0 Å². The summed E-state index contributed by atoms with van der Waals surface area (Å²) >= 11 is 0. The van der Waals surface area contributed by atoms with Crippen LogP contribution in [-0.2, 0) is 0 Å². The van der Waals surface area contributed by atoms with Crippen LogP contribution in [0.25, 0.3) is 11.3 Å². The number of aromatic amines is 1. The van der Waals surface area contributed by atoms with Crippen molar-refractivity contribution in [2.45, 2.75) is 20.8 Å². The van der Waals surface area contributed by atoms with E-state index in [4.69, 9.17) is 5.73 Å². The number of nitrogen functional groups attached to an aromatic ring is 1. The summed E-state index contributed by atoms with van der Waals surface area (Å²) in [6.07, 6.45) is 5.09. The average molecular weight is 205 g/mol. The average Bonchev–Trinajstić information content (AvgIpc) is 2.78. The summed E-state index contributed by atoms with van der Waals surface area (Å²) in [5.74, 6) is 0.465. The van der Waals surface area contributed by atoms with E-state index >= 15 is 0 Å². The van der Waals surface area contributed by atoms with Gasteiger partial charge in [-0.3, -0.25) is 5.10 Å². The molecule has 0 radical (unpaired) electrons. The standard InChI is InChI=1S/C8H9N5.C2H6/c1-5-8(9)10-4-7(13-5)6-2-11-12-3-6;1-2/h2-4H,1H3,(H2,9,10)(H,11,12);1-2H3. The first-order valence-electron chi connectivity index (χ1n) is 4.85. The monoisotopic (exact) mass is 205 g/mol. The Balaban J connectivity index is 0.000000531. The first kappa shape index (κ1) is 11.2. The van der Waals surface area contributed by atoms with Crippen molar-refractivity contribution in [3.05, 3.63) is 24.3 Å². The summed E-state index contributed by atoms with van der Waals surface area (Å²) in [4.78, 5) is 8.28. The van der Waals surface area contributed by atoms with Gasteiger partial charge in [0.05, 0.1) is 23.8 Å². The van der Waals surface area contributed by atoms with E-state index in [1.54, 1.807) is 18.6 Å². The first-order chi connectivity index (χ1) is 7.27. The van der Waals surface area contributed by atoms with E-state index < -0.39 is 0 Å². The molecule has 3 N–H and O–H groups in total. The van der Waals surface area contributed by atoms with Gasteiger partial charge in [0.15, 0.2) is 0 Å². The topological polar surface area (TPSA) is 80.5 Å². The van der Waals surface area contributed by atoms with E-state index in [2.05, 4.69) is 20.2 Å².